The van der Waals surface area contributed by atoms with E-state index in [1.54, 1.807) is 24.1 Å². The maximum Gasteiger partial charge on any atom is 0.264 e. The number of benzene rings is 2. The quantitative estimate of drug-likeness (QED) is 0.621. The lowest BCUT2D eigenvalue weighted by atomic mass is 10.1. The Labute approximate surface area is 170 Å². The highest BCUT2D eigenvalue weighted by Crippen LogP contribution is 2.27. The zero-order valence-corrected chi connectivity index (χ0v) is 16.5. The molecule has 150 valence electrons. The molecule has 0 aromatic heterocycles. The van der Waals surface area contributed by atoms with Crippen LogP contribution in [0.5, 0.6) is 17.2 Å². The van der Waals surface area contributed by atoms with Crippen LogP contribution >= 0.6 is 0 Å². The van der Waals surface area contributed by atoms with Crippen LogP contribution < -0.4 is 14.4 Å². The summed E-state index contributed by atoms with van der Waals surface area (Å²) in [5.74, 6) is 0.786. The number of hydrogen-bond donors (Lipinski definition) is 1. The minimum atomic E-state index is -0.308. The number of nitriles is 1. The minimum absolute atomic E-state index is 0.0347. The Kier molecular flexibility index (Phi) is 6.25. The Morgan fingerprint density at radius 2 is 1.76 bits per heavy atom. The lowest BCUT2D eigenvalue weighted by molar-refractivity contribution is -0.126. The van der Waals surface area contributed by atoms with Gasteiger partial charge in [-0.3, -0.25) is 4.79 Å². The van der Waals surface area contributed by atoms with Crippen LogP contribution in [-0.2, 0) is 4.79 Å². The van der Waals surface area contributed by atoms with E-state index in [-0.39, 0.29) is 17.2 Å². The van der Waals surface area contributed by atoms with E-state index < -0.39 is 0 Å². The van der Waals surface area contributed by atoms with Crippen LogP contribution in [0, 0.1) is 11.3 Å². The van der Waals surface area contributed by atoms with Crippen molar-refractivity contribution >= 4 is 17.7 Å². The Balaban J connectivity index is 1.66. The van der Waals surface area contributed by atoms with Crippen molar-refractivity contribution in [2.45, 2.75) is 0 Å². The summed E-state index contributed by atoms with van der Waals surface area (Å²) < 4.78 is 10.2. The first-order chi connectivity index (χ1) is 14.0. The van der Waals surface area contributed by atoms with Crippen molar-refractivity contribution in [3.63, 3.8) is 0 Å². The summed E-state index contributed by atoms with van der Waals surface area (Å²) in [5.41, 5.74) is 1.67. The molecule has 7 nitrogen and oxygen atoms in total. The molecule has 0 aliphatic carbocycles. The number of hydrogen-bond acceptors (Lipinski definition) is 6. The number of nitrogens with zero attached hydrogens (tertiary/aromatic N) is 3. The molecule has 0 saturated carbocycles. The van der Waals surface area contributed by atoms with Crippen LogP contribution in [-0.4, -0.2) is 56.3 Å². The van der Waals surface area contributed by atoms with E-state index in [1.165, 1.54) is 19.3 Å². The molecule has 1 heterocycles. The van der Waals surface area contributed by atoms with Gasteiger partial charge in [-0.2, -0.15) is 5.26 Å². The van der Waals surface area contributed by atoms with Gasteiger partial charge >= 0.3 is 0 Å². The number of methoxy groups -OCH3 is 2. The number of phenolic OH excluding ortho intramolecular Hbond substituents is 1. The monoisotopic (exact) mass is 393 g/mol. The molecule has 29 heavy (non-hydrogen) atoms. The van der Waals surface area contributed by atoms with Crippen molar-refractivity contribution in [3.8, 4) is 23.3 Å². The first kappa shape index (κ1) is 20.1. The van der Waals surface area contributed by atoms with Crippen molar-refractivity contribution in [2.24, 2.45) is 0 Å². The number of piperazine rings is 1. The molecular weight excluding hydrogens is 370 g/mol. The maximum absolute atomic E-state index is 12.8. The second-order valence-electron chi connectivity index (χ2n) is 6.58. The molecule has 0 bridgehead atoms. The summed E-state index contributed by atoms with van der Waals surface area (Å²) in [7, 11) is 3.09. The zero-order valence-electron chi connectivity index (χ0n) is 16.5. The molecule has 1 N–H and O–H groups in total. The Morgan fingerprint density at radius 1 is 1.07 bits per heavy atom. The lowest BCUT2D eigenvalue weighted by Gasteiger charge is -2.36. The number of aromatic hydroxyl groups is 1. The number of phenols is 1. The minimum Gasteiger partial charge on any atom is -0.504 e. The number of anilines is 1. The number of rotatable bonds is 5. The van der Waals surface area contributed by atoms with Crippen LogP contribution in [0.15, 0.2) is 48.0 Å². The first-order valence-electron chi connectivity index (χ1n) is 9.22. The highest BCUT2D eigenvalue weighted by Gasteiger charge is 2.24. The fourth-order valence-electron chi connectivity index (χ4n) is 3.24. The second-order valence-corrected chi connectivity index (χ2v) is 6.58. The maximum atomic E-state index is 12.8. The summed E-state index contributed by atoms with van der Waals surface area (Å²) in [4.78, 5) is 16.7. The van der Waals surface area contributed by atoms with E-state index in [0.717, 1.165) is 11.4 Å². The van der Waals surface area contributed by atoms with E-state index in [4.69, 9.17) is 9.47 Å². The van der Waals surface area contributed by atoms with Crippen LogP contribution in [0.1, 0.15) is 5.56 Å². The van der Waals surface area contributed by atoms with E-state index >= 15 is 0 Å². The number of carbonyl (C=O) groups is 1. The molecule has 1 fully saturated rings. The zero-order chi connectivity index (χ0) is 20.8. The molecule has 1 aliphatic rings. The summed E-state index contributed by atoms with van der Waals surface area (Å²) in [6, 6.07) is 14.5. The number of amides is 1. The van der Waals surface area contributed by atoms with E-state index in [0.29, 0.717) is 37.5 Å². The Hall–Kier alpha value is -3.66. The lowest BCUT2D eigenvalue weighted by Crippen LogP contribution is -2.49. The molecule has 1 aliphatic heterocycles. The summed E-state index contributed by atoms with van der Waals surface area (Å²) in [6.45, 7) is 2.41. The third-order valence-corrected chi connectivity index (χ3v) is 4.87. The second kappa shape index (κ2) is 9.02. The van der Waals surface area contributed by atoms with Gasteiger partial charge < -0.3 is 24.4 Å². The molecule has 0 unspecified atom stereocenters. The van der Waals surface area contributed by atoms with Gasteiger partial charge in [0.15, 0.2) is 11.5 Å². The third-order valence-electron chi connectivity index (χ3n) is 4.87. The summed E-state index contributed by atoms with van der Waals surface area (Å²) >= 11 is 0. The van der Waals surface area contributed by atoms with Crippen molar-refractivity contribution in [1.82, 2.24) is 4.90 Å². The molecular formula is C22H23N3O4. The van der Waals surface area contributed by atoms with Crippen LogP contribution in [0.2, 0.25) is 0 Å². The standard InChI is InChI=1S/C22H23N3O4/c1-28-19-6-4-18(5-7-19)24-9-11-25(12-10-24)22(27)17(15-23)13-16-3-8-21(29-2)20(26)14-16/h3-8,13-14,26H,9-12H2,1-2H3/b17-13+. The van der Waals surface area contributed by atoms with E-state index in [9.17, 15) is 15.2 Å². The third kappa shape index (κ3) is 4.61. The van der Waals surface area contributed by atoms with Crippen LogP contribution in [0.3, 0.4) is 0 Å². The van der Waals surface area contributed by atoms with Crippen molar-refractivity contribution in [2.75, 3.05) is 45.3 Å². The molecule has 0 radical (unpaired) electrons. The molecule has 7 heteroatoms. The SMILES string of the molecule is COc1ccc(N2CCN(C(=O)/C(C#N)=C/c3ccc(OC)c(O)c3)CC2)cc1. The van der Waals surface area contributed by atoms with Gasteiger partial charge in [0.2, 0.25) is 0 Å². The fourth-order valence-corrected chi connectivity index (χ4v) is 3.24. The van der Waals surface area contributed by atoms with Gasteiger partial charge in [-0.25, -0.2) is 0 Å². The molecule has 0 atom stereocenters. The van der Waals surface area contributed by atoms with Crippen LogP contribution in [0.4, 0.5) is 5.69 Å². The topological polar surface area (TPSA) is 86.0 Å². The van der Waals surface area contributed by atoms with Crippen LogP contribution in [0.25, 0.3) is 6.08 Å². The predicted octanol–water partition coefficient (Wildman–Crippen LogP) is 2.67. The molecule has 3 rings (SSSR count). The Morgan fingerprint density at radius 3 is 2.31 bits per heavy atom. The van der Waals surface area contributed by atoms with E-state index in [2.05, 4.69) is 4.90 Å². The summed E-state index contributed by atoms with van der Waals surface area (Å²) in [5, 5.41) is 19.4. The van der Waals surface area contributed by atoms with Gasteiger partial charge in [-0.15, -0.1) is 0 Å². The molecule has 2 aromatic carbocycles. The average molecular weight is 393 g/mol. The van der Waals surface area contributed by atoms with Crippen molar-refractivity contribution in [3.05, 3.63) is 53.6 Å². The largest absolute Gasteiger partial charge is 0.504 e. The molecule has 0 spiro atoms. The van der Waals surface area contributed by atoms with Gasteiger partial charge in [-0.05, 0) is 48.0 Å². The average Bonchev–Trinajstić information content (AvgIpc) is 2.77. The van der Waals surface area contributed by atoms with Crippen molar-refractivity contribution < 1.29 is 19.4 Å². The number of ether oxygens (including phenoxy) is 2. The van der Waals surface area contributed by atoms with Gasteiger partial charge in [-0.1, -0.05) is 6.07 Å². The molecule has 1 saturated heterocycles. The summed E-state index contributed by atoms with van der Waals surface area (Å²) in [6.07, 6.45) is 1.48. The first-order valence-corrected chi connectivity index (χ1v) is 9.22. The predicted molar refractivity (Wildman–Crippen MR) is 110 cm³/mol. The van der Waals surface area contributed by atoms with E-state index in [1.807, 2.05) is 30.3 Å². The van der Waals surface area contributed by atoms with Gasteiger partial charge in [0, 0.05) is 31.9 Å². The number of carbonyl (C=O) groups excluding carboxylic acids is 1. The highest BCUT2D eigenvalue weighted by molar-refractivity contribution is 6.01. The van der Waals surface area contributed by atoms with Gasteiger partial charge in [0.05, 0.1) is 14.2 Å². The molecule has 1 amide bonds. The smallest absolute Gasteiger partial charge is 0.264 e. The Bertz CT molecular complexity index is 940. The normalized spacial score (nSPS) is 14.3. The fraction of sp³-hybridized carbons (Fsp3) is 0.273. The molecule has 2 aromatic rings. The van der Waals surface area contributed by atoms with Gasteiger partial charge in [0.25, 0.3) is 5.91 Å². The van der Waals surface area contributed by atoms with Gasteiger partial charge in [0.1, 0.15) is 17.4 Å². The van der Waals surface area contributed by atoms with Crippen molar-refractivity contribution in [1.29, 1.82) is 5.26 Å². The highest BCUT2D eigenvalue weighted by atomic mass is 16.5.